The molecule has 0 aliphatic rings. The van der Waals surface area contributed by atoms with Crippen molar-refractivity contribution in [1.29, 1.82) is 0 Å². The molecule has 0 aromatic heterocycles. The molecule has 0 aliphatic heterocycles. The van der Waals surface area contributed by atoms with Gasteiger partial charge in [0, 0.05) is 25.5 Å². The van der Waals surface area contributed by atoms with E-state index >= 15 is 0 Å². The van der Waals surface area contributed by atoms with E-state index < -0.39 is 5.97 Å². The summed E-state index contributed by atoms with van der Waals surface area (Å²) in [6, 6.07) is 7.14. The summed E-state index contributed by atoms with van der Waals surface area (Å²) in [6.07, 6.45) is 0.332. The van der Waals surface area contributed by atoms with Gasteiger partial charge in [0.05, 0.1) is 6.54 Å². The SMILES string of the molecule is CC(=O)N(CCCC(=O)O)CC(=O)c1ccc(C)cc1. The van der Waals surface area contributed by atoms with E-state index in [9.17, 15) is 14.4 Å². The monoisotopic (exact) mass is 277 g/mol. The molecule has 5 heteroatoms. The van der Waals surface area contributed by atoms with Gasteiger partial charge in [-0.1, -0.05) is 29.8 Å². The van der Waals surface area contributed by atoms with Gasteiger partial charge in [0.15, 0.2) is 5.78 Å². The van der Waals surface area contributed by atoms with E-state index in [0.29, 0.717) is 12.0 Å². The Hall–Kier alpha value is -2.17. The summed E-state index contributed by atoms with van der Waals surface area (Å²) in [5.41, 5.74) is 1.62. The molecule has 1 rings (SSSR count). The van der Waals surface area contributed by atoms with Crippen molar-refractivity contribution in [3.05, 3.63) is 35.4 Å². The molecule has 1 aromatic rings. The van der Waals surface area contributed by atoms with Crippen molar-refractivity contribution in [3.8, 4) is 0 Å². The van der Waals surface area contributed by atoms with Gasteiger partial charge >= 0.3 is 5.97 Å². The number of aryl methyl sites for hydroxylation is 1. The van der Waals surface area contributed by atoms with Crippen LogP contribution in [0.2, 0.25) is 0 Å². The van der Waals surface area contributed by atoms with E-state index in [2.05, 4.69) is 0 Å². The maximum absolute atomic E-state index is 12.1. The smallest absolute Gasteiger partial charge is 0.303 e. The van der Waals surface area contributed by atoms with Crippen molar-refractivity contribution in [2.24, 2.45) is 0 Å². The highest BCUT2D eigenvalue weighted by Gasteiger charge is 2.15. The largest absolute Gasteiger partial charge is 0.481 e. The van der Waals surface area contributed by atoms with Crippen LogP contribution < -0.4 is 0 Å². The van der Waals surface area contributed by atoms with Gasteiger partial charge in [-0.2, -0.15) is 0 Å². The second-order valence-electron chi connectivity index (χ2n) is 4.73. The molecule has 0 aliphatic carbocycles. The summed E-state index contributed by atoms with van der Waals surface area (Å²) in [5.74, 6) is -1.27. The first-order chi connectivity index (χ1) is 9.40. The Balaban J connectivity index is 2.60. The maximum Gasteiger partial charge on any atom is 0.303 e. The number of hydrogen-bond acceptors (Lipinski definition) is 3. The van der Waals surface area contributed by atoms with Gasteiger partial charge in [0.2, 0.25) is 5.91 Å². The number of benzene rings is 1. The molecular formula is C15H19NO4. The number of carboxylic acid groups (broad SMARTS) is 1. The van der Waals surface area contributed by atoms with Crippen molar-refractivity contribution in [2.75, 3.05) is 13.1 Å². The molecule has 1 N–H and O–H groups in total. The van der Waals surface area contributed by atoms with Crippen molar-refractivity contribution in [2.45, 2.75) is 26.7 Å². The third-order valence-electron chi connectivity index (χ3n) is 2.97. The number of Topliss-reactive ketones (excluding diaryl/α,β-unsaturated/α-hetero) is 1. The topological polar surface area (TPSA) is 74.7 Å². The first-order valence-electron chi connectivity index (χ1n) is 6.47. The number of nitrogens with zero attached hydrogens (tertiary/aromatic N) is 1. The fourth-order valence-electron chi connectivity index (χ4n) is 1.77. The number of carbonyl (C=O) groups is 3. The zero-order chi connectivity index (χ0) is 15.1. The van der Waals surface area contributed by atoms with Crippen LogP contribution in [0.3, 0.4) is 0 Å². The Morgan fingerprint density at radius 3 is 2.25 bits per heavy atom. The standard InChI is InChI=1S/C15H19NO4/c1-11-5-7-13(8-6-11)14(18)10-16(12(2)17)9-3-4-15(19)20/h5-8H,3-4,9-10H2,1-2H3,(H,19,20). The predicted molar refractivity (Wildman–Crippen MR) is 74.6 cm³/mol. The van der Waals surface area contributed by atoms with Crippen LogP contribution in [-0.4, -0.2) is 40.8 Å². The number of carboxylic acids is 1. The molecule has 0 unspecified atom stereocenters. The van der Waals surface area contributed by atoms with Crippen molar-refractivity contribution < 1.29 is 19.5 Å². The van der Waals surface area contributed by atoms with Crippen molar-refractivity contribution in [3.63, 3.8) is 0 Å². The molecule has 0 saturated heterocycles. The van der Waals surface area contributed by atoms with Gasteiger partial charge in [0.1, 0.15) is 0 Å². The lowest BCUT2D eigenvalue weighted by Gasteiger charge is -2.19. The van der Waals surface area contributed by atoms with E-state index in [-0.39, 0.29) is 31.2 Å². The quantitative estimate of drug-likeness (QED) is 0.772. The molecule has 5 nitrogen and oxygen atoms in total. The normalized spacial score (nSPS) is 10.1. The van der Waals surface area contributed by atoms with Gasteiger partial charge < -0.3 is 10.0 Å². The van der Waals surface area contributed by atoms with Crippen LogP contribution in [0.5, 0.6) is 0 Å². The third kappa shape index (κ3) is 5.22. The molecule has 1 amide bonds. The van der Waals surface area contributed by atoms with Gasteiger partial charge in [-0.25, -0.2) is 0 Å². The van der Waals surface area contributed by atoms with E-state index in [1.165, 1.54) is 11.8 Å². The average Bonchev–Trinajstić information content (AvgIpc) is 2.37. The summed E-state index contributed by atoms with van der Waals surface area (Å²) in [7, 11) is 0. The van der Waals surface area contributed by atoms with Crippen LogP contribution in [0.1, 0.15) is 35.7 Å². The minimum Gasteiger partial charge on any atom is -0.481 e. The summed E-state index contributed by atoms with van der Waals surface area (Å²) in [5, 5.41) is 8.58. The molecule has 0 spiro atoms. The van der Waals surface area contributed by atoms with Gasteiger partial charge in [-0.15, -0.1) is 0 Å². The fraction of sp³-hybridized carbons (Fsp3) is 0.400. The second kappa shape index (κ2) is 7.43. The fourth-order valence-corrected chi connectivity index (χ4v) is 1.77. The highest BCUT2D eigenvalue weighted by atomic mass is 16.4. The zero-order valence-corrected chi connectivity index (χ0v) is 11.8. The van der Waals surface area contributed by atoms with E-state index in [4.69, 9.17) is 5.11 Å². The minimum absolute atomic E-state index is 0.0114. The molecule has 0 bridgehead atoms. The van der Waals surface area contributed by atoms with Crippen LogP contribution >= 0.6 is 0 Å². The van der Waals surface area contributed by atoms with Crippen molar-refractivity contribution >= 4 is 17.7 Å². The Morgan fingerprint density at radius 2 is 1.75 bits per heavy atom. The van der Waals surface area contributed by atoms with Crippen LogP contribution in [-0.2, 0) is 9.59 Å². The molecule has 108 valence electrons. The van der Waals surface area contributed by atoms with E-state index in [0.717, 1.165) is 5.56 Å². The number of rotatable bonds is 7. The lowest BCUT2D eigenvalue weighted by atomic mass is 10.1. The van der Waals surface area contributed by atoms with E-state index in [1.54, 1.807) is 12.1 Å². The first kappa shape index (κ1) is 15.9. The van der Waals surface area contributed by atoms with Crippen LogP contribution in [0.15, 0.2) is 24.3 Å². The van der Waals surface area contributed by atoms with Crippen LogP contribution in [0, 0.1) is 6.92 Å². The molecule has 0 heterocycles. The Kier molecular flexibility index (Phi) is 5.90. The summed E-state index contributed by atoms with van der Waals surface area (Å²) < 4.78 is 0. The number of carbonyl (C=O) groups excluding carboxylic acids is 2. The highest BCUT2D eigenvalue weighted by molar-refractivity contribution is 5.99. The summed E-state index contributed by atoms with van der Waals surface area (Å²) >= 11 is 0. The lowest BCUT2D eigenvalue weighted by molar-refractivity contribution is -0.137. The number of ketones is 1. The number of aliphatic carboxylic acids is 1. The molecule has 1 aromatic carbocycles. The Labute approximate surface area is 118 Å². The minimum atomic E-state index is -0.904. The van der Waals surface area contributed by atoms with Crippen molar-refractivity contribution in [1.82, 2.24) is 4.90 Å². The average molecular weight is 277 g/mol. The Bertz CT molecular complexity index is 493. The summed E-state index contributed by atoms with van der Waals surface area (Å²) in [6.45, 7) is 3.57. The van der Waals surface area contributed by atoms with Crippen LogP contribution in [0.25, 0.3) is 0 Å². The molecular weight excluding hydrogens is 258 g/mol. The van der Waals surface area contributed by atoms with Gasteiger partial charge in [-0.05, 0) is 13.3 Å². The molecule has 0 radical (unpaired) electrons. The third-order valence-corrected chi connectivity index (χ3v) is 2.97. The molecule has 0 atom stereocenters. The van der Waals surface area contributed by atoms with Crippen LogP contribution in [0.4, 0.5) is 0 Å². The van der Waals surface area contributed by atoms with Gasteiger partial charge in [0.25, 0.3) is 0 Å². The number of hydrogen-bond donors (Lipinski definition) is 1. The first-order valence-corrected chi connectivity index (χ1v) is 6.47. The second-order valence-corrected chi connectivity index (χ2v) is 4.73. The Morgan fingerprint density at radius 1 is 1.15 bits per heavy atom. The van der Waals surface area contributed by atoms with E-state index in [1.807, 2.05) is 19.1 Å². The summed E-state index contributed by atoms with van der Waals surface area (Å²) in [4.78, 5) is 35.4. The predicted octanol–water partition coefficient (Wildman–Crippen LogP) is 1.89. The maximum atomic E-state index is 12.1. The zero-order valence-electron chi connectivity index (χ0n) is 11.8. The number of amides is 1. The molecule has 20 heavy (non-hydrogen) atoms. The molecule has 0 saturated carbocycles. The van der Waals surface area contributed by atoms with Gasteiger partial charge in [-0.3, -0.25) is 14.4 Å². The lowest BCUT2D eigenvalue weighted by Crippen LogP contribution is -2.35. The molecule has 0 fully saturated rings. The highest BCUT2D eigenvalue weighted by Crippen LogP contribution is 2.06.